The molecule has 4 rings (SSSR count). The molecule has 1 amide bonds. The summed E-state index contributed by atoms with van der Waals surface area (Å²) in [5.41, 5.74) is 17.5. The van der Waals surface area contributed by atoms with Crippen LogP contribution in [0.15, 0.2) is 59.8 Å². The Morgan fingerprint density at radius 1 is 1.29 bits per heavy atom. The number of anilines is 1. The Kier molecular flexibility index (Phi) is 7.82. The lowest BCUT2D eigenvalue weighted by Crippen LogP contribution is -2.31. The van der Waals surface area contributed by atoms with Crippen molar-refractivity contribution in [3.8, 4) is 11.1 Å². The highest BCUT2D eigenvalue weighted by atomic mass is 35.5. The largest absolute Gasteiger partial charge is 0.383 e. The standard InChI is InChI=1S/C25H24ClFN6O2/c26-19-3-1-2-17(10-19)23(14-31-33-29)32-25(34)20-5-4-16(12-22(20)27)21-11-18(13-30-24(21)28)15-6-8-35-9-7-15/h1-5,10-13,15,23H,6-9,14H2,(H2,28,30)(H,32,34)/t23-/m1/s1. The number of azide groups is 1. The van der Waals surface area contributed by atoms with Gasteiger partial charge in [-0.15, -0.1) is 0 Å². The van der Waals surface area contributed by atoms with Crippen molar-refractivity contribution in [2.75, 3.05) is 25.5 Å². The van der Waals surface area contributed by atoms with E-state index in [1.54, 1.807) is 36.5 Å². The fourth-order valence-corrected chi connectivity index (χ4v) is 4.35. The van der Waals surface area contributed by atoms with Crippen molar-refractivity contribution in [2.45, 2.75) is 24.8 Å². The van der Waals surface area contributed by atoms with Gasteiger partial charge in [-0.1, -0.05) is 34.9 Å². The predicted molar refractivity (Wildman–Crippen MR) is 133 cm³/mol. The smallest absolute Gasteiger partial charge is 0.254 e. The van der Waals surface area contributed by atoms with Gasteiger partial charge in [0.2, 0.25) is 0 Å². The maximum absolute atomic E-state index is 15.1. The third-order valence-electron chi connectivity index (χ3n) is 6.04. The Hall–Kier alpha value is -3.65. The molecule has 1 aliphatic heterocycles. The average Bonchev–Trinajstić information content (AvgIpc) is 2.87. The number of amides is 1. The summed E-state index contributed by atoms with van der Waals surface area (Å²) in [4.78, 5) is 20.0. The van der Waals surface area contributed by atoms with Crippen molar-refractivity contribution in [1.29, 1.82) is 0 Å². The highest BCUT2D eigenvalue weighted by Crippen LogP contribution is 2.33. The molecule has 2 heterocycles. The van der Waals surface area contributed by atoms with Crippen LogP contribution in [0.3, 0.4) is 0 Å². The number of carbonyl (C=O) groups is 1. The number of hydrogen-bond acceptors (Lipinski definition) is 5. The second-order valence-corrected chi connectivity index (χ2v) is 8.71. The molecule has 35 heavy (non-hydrogen) atoms. The summed E-state index contributed by atoms with van der Waals surface area (Å²) in [6, 6.07) is 12.4. The monoisotopic (exact) mass is 494 g/mol. The Morgan fingerprint density at radius 2 is 2.09 bits per heavy atom. The number of nitrogens with one attached hydrogen (secondary N) is 1. The summed E-state index contributed by atoms with van der Waals surface area (Å²) < 4.78 is 20.5. The van der Waals surface area contributed by atoms with Gasteiger partial charge in [0.25, 0.3) is 5.91 Å². The molecule has 0 saturated carbocycles. The molecule has 2 aromatic carbocycles. The van der Waals surface area contributed by atoms with E-state index in [1.807, 2.05) is 6.07 Å². The first-order valence-corrected chi connectivity index (χ1v) is 11.5. The zero-order chi connectivity index (χ0) is 24.8. The van der Waals surface area contributed by atoms with Crippen molar-refractivity contribution in [3.05, 3.63) is 92.7 Å². The molecule has 3 aromatic rings. The first kappa shape index (κ1) is 24.5. The number of rotatable bonds is 7. The first-order chi connectivity index (χ1) is 17.0. The van der Waals surface area contributed by atoms with Crippen molar-refractivity contribution >= 4 is 23.3 Å². The van der Waals surface area contributed by atoms with E-state index >= 15 is 4.39 Å². The van der Waals surface area contributed by atoms with E-state index in [4.69, 9.17) is 27.6 Å². The van der Waals surface area contributed by atoms with Gasteiger partial charge in [-0.25, -0.2) is 9.37 Å². The number of benzene rings is 2. The molecule has 1 saturated heterocycles. The third kappa shape index (κ3) is 5.89. The number of aromatic nitrogens is 1. The maximum atomic E-state index is 15.1. The van der Waals surface area contributed by atoms with Crippen LogP contribution in [0.4, 0.5) is 10.2 Å². The second-order valence-electron chi connectivity index (χ2n) is 8.28. The van der Waals surface area contributed by atoms with Crippen molar-refractivity contribution < 1.29 is 13.9 Å². The van der Waals surface area contributed by atoms with Crippen molar-refractivity contribution in [1.82, 2.24) is 10.3 Å². The normalized spacial score (nSPS) is 14.7. The fourth-order valence-electron chi connectivity index (χ4n) is 4.16. The van der Waals surface area contributed by atoms with Gasteiger partial charge in [-0.05, 0) is 71.3 Å². The van der Waals surface area contributed by atoms with Gasteiger partial charge in [0.15, 0.2) is 0 Å². The van der Waals surface area contributed by atoms with Gasteiger partial charge >= 0.3 is 0 Å². The molecule has 8 nitrogen and oxygen atoms in total. The molecular weight excluding hydrogens is 471 g/mol. The highest BCUT2D eigenvalue weighted by Gasteiger charge is 2.21. The molecule has 1 fully saturated rings. The molecule has 0 bridgehead atoms. The van der Waals surface area contributed by atoms with E-state index in [0.717, 1.165) is 18.4 Å². The molecule has 0 aliphatic carbocycles. The van der Waals surface area contributed by atoms with Crippen LogP contribution >= 0.6 is 11.6 Å². The topological polar surface area (TPSA) is 126 Å². The van der Waals surface area contributed by atoms with E-state index in [9.17, 15) is 4.79 Å². The van der Waals surface area contributed by atoms with Gasteiger partial charge in [0, 0.05) is 34.9 Å². The zero-order valence-corrected chi connectivity index (χ0v) is 19.6. The molecule has 180 valence electrons. The summed E-state index contributed by atoms with van der Waals surface area (Å²) in [5.74, 6) is -0.753. The van der Waals surface area contributed by atoms with Gasteiger partial charge in [0.1, 0.15) is 11.6 Å². The van der Waals surface area contributed by atoms with Crippen molar-refractivity contribution in [2.24, 2.45) is 5.11 Å². The summed E-state index contributed by atoms with van der Waals surface area (Å²) in [6.07, 6.45) is 3.54. The van der Waals surface area contributed by atoms with Crippen molar-refractivity contribution in [3.63, 3.8) is 0 Å². The number of ether oxygens (including phenoxy) is 1. The number of hydrogen-bond donors (Lipinski definition) is 2. The van der Waals surface area contributed by atoms with Crippen LogP contribution in [0.2, 0.25) is 5.02 Å². The zero-order valence-electron chi connectivity index (χ0n) is 18.8. The molecule has 3 N–H and O–H groups in total. The number of pyridine rings is 1. The second kappa shape index (κ2) is 11.2. The Bertz CT molecular complexity index is 1270. The fraction of sp³-hybridized carbons (Fsp3) is 0.280. The molecule has 0 radical (unpaired) electrons. The van der Waals surface area contributed by atoms with Crippen LogP contribution in [-0.4, -0.2) is 30.6 Å². The van der Waals surface area contributed by atoms with Crippen LogP contribution in [0.1, 0.15) is 46.3 Å². The van der Waals surface area contributed by atoms with Crippen LogP contribution < -0.4 is 11.1 Å². The van der Waals surface area contributed by atoms with Crippen LogP contribution in [-0.2, 0) is 4.74 Å². The number of nitrogens with zero attached hydrogens (tertiary/aromatic N) is 4. The predicted octanol–water partition coefficient (Wildman–Crippen LogP) is 5.80. The van der Waals surface area contributed by atoms with Gasteiger partial charge in [-0.3, -0.25) is 4.79 Å². The van der Waals surface area contributed by atoms with Gasteiger partial charge in [-0.2, -0.15) is 0 Å². The molecular formula is C25H24ClFN6O2. The summed E-state index contributed by atoms with van der Waals surface area (Å²) >= 11 is 6.05. The molecule has 0 unspecified atom stereocenters. The Labute approximate surface area is 206 Å². The molecule has 10 heteroatoms. The highest BCUT2D eigenvalue weighted by molar-refractivity contribution is 6.30. The van der Waals surface area contributed by atoms with E-state index in [2.05, 4.69) is 20.3 Å². The molecule has 1 atom stereocenters. The third-order valence-corrected chi connectivity index (χ3v) is 6.28. The Balaban J connectivity index is 1.57. The average molecular weight is 495 g/mol. The molecule has 1 aliphatic rings. The van der Waals surface area contributed by atoms with E-state index in [0.29, 0.717) is 40.8 Å². The van der Waals surface area contributed by atoms with E-state index < -0.39 is 17.8 Å². The van der Waals surface area contributed by atoms with Gasteiger partial charge in [0.05, 0.1) is 18.2 Å². The molecule has 0 spiro atoms. The molecule has 1 aromatic heterocycles. The minimum Gasteiger partial charge on any atom is -0.383 e. The van der Waals surface area contributed by atoms with E-state index in [1.165, 1.54) is 12.1 Å². The number of nitrogens with two attached hydrogens (primary N) is 1. The van der Waals surface area contributed by atoms with Crippen LogP contribution in [0.25, 0.3) is 21.6 Å². The summed E-state index contributed by atoms with van der Waals surface area (Å²) in [5, 5.41) is 6.75. The SMILES string of the molecule is [N-]=[N+]=NC[C@@H](NC(=O)c1ccc(-c2cc(C3CCOCC3)cnc2N)cc1F)c1cccc(Cl)c1. The quantitative estimate of drug-likeness (QED) is 0.244. The minimum absolute atomic E-state index is 0.0521. The lowest BCUT2D eigenvalue weighted by molar-refractivity contribution is 0.0853. The van der Waals surface area contributed by atoms with Gasteiger partial charge < -0.3 is 15.8 Å². The minimum atomic E-state index is -0.704. The lowest BCUT2D eigenvalue weighted by Gasteiger charge is -2.23. The number of halogens is 2. The maximum Gasteiger partial charge on any atom is 0.254 e. The number of nitrogen functional groups attached to an aromatic ring is 1. The van der Waals surface area contributed by atoms with Crippen LogP contribution in [0.5, 0.6) is 0 Å². The summed E-state index contributed by atoms with van der Waals surface area (Å²) in [7, 11) is 0. The first-order valence-electron chi connectivity index (χ1n) is 11.2. The van der Waals surface area contributed by atoms with E-state index in [-0.39, 0.29) is 17.9 Å². The summed E-state index contributed by atoms with van der Waals surface area (Å²) in [6.45, 7) is 1.33. The Morgan fingerprint density at radius 3 is 2.80 bits per heavy atom. The number of carbonyl (C=O) groups excluding carboxylic acids is 1. The van der Waals surface area contributed by atoms with Crippen LogP contribution in [0, 0.1) is 5.82 Å². The lowest BCUT2D eigenvalue weighted by atomic mass is 9.91.